The summed E-state index contributed by atoms with van der Waals surface area (Å²) in [5.41, 5.74) is 2.62. The van der Waals surface area contributed by atoms with Crippen LogP contribution in [0.4, 0.5) is 10.1 Å². The van der Waals surface area contributed by atoms with Crippen molar-refractivity contribution in [2.75, 3.05) is 31.1 Å². The number of para-hydroxylation sites is 2. The van der Waals surface area contributed by atoms with E-state index in [9.17, 15) is 9.18 Å². The van der Waals surface area contributed by atoms with E-state index in [4.69, 9.17) is 4.42 Å². The number of benzene rings is 2. The number of oxazole rings is 1. The third-order valence-electron chi connectivity index (χ3n) is 4.76. The summed E-state index contributed by atoms with van der Waals surface area (Å²) in [6.45, 7) is 5.12. The number of fused-ring (bicyclic) bond motifs is 1. The normalized spacial score (nSPS) is 15.5. The monoisotopic (exact) mass is 353 g/mol. The van der Waals surface area contributed by atoms with Crippen LogP contribution in [0.15, 0.2) is 46.9 Å². The van der Waals surface area contributed by atoms with Crippen LogP contribution in [0.1, 0.15) is 23.2 Å². The zero-order valence-electron chi connectivity index (χ0n) is 14.6. The number of piperazine rings is 1. The summed E-state index contributed by atoms with van der Waals surface area (Å²) in [6, 6.07) is 12.4. The summed E-state index contributed by atoms with van der Waals surface area (Å²) in [4.78, 5) is 20.1. The lowest BCUT2D eigenvalue weighted by molar-refractivity contribution is 0.101. The predicted molar refractivity (Wildman–Crippen MR) is 97.9 cm³/mol. The highest BCUT2D eigenvalue weighted by atomic mass is 19.1. The molecule has 4 rings (SSSR count). The highest BCUT2D eigenvalue weighted by Crippen LogP contribution is 2.23. The van der Waals surface area contributed by atoms with E-state index in [0.717, 1.165) is 37.3 Å². The molecule has 0 N–H and O–H groups in total. The summed E-state index contributed by atoms with van der Waals surface area (Å²) >= 11 is 0. The molecule has 0 atom stereocenters. The zero-order valence-corrected chi connectivity index (χ0v) is 14.6. The molecule has 0 bridgehead atoms. The number of carbonyl (C=O) groups excluding carboxylic acids is 1. The first kappa shape index (κ1) is 16.7. The lowest BCUT2D eigenvalue weighted by atomic mass is 10.1. The van der Waals surface area contributed by atoms with Crippen molar-refractivity contribution < 1.29 is 13.6 Å². The van der Waals surface area contributed by atoms with Gasteiger partial charge in [0.15, 0.2) is 11.4 Å². The van der Waals surface area contributed by atoms with Gasteiger partial charge < -0.3 is 9.32 Å². The summed E-state index contributed by atoms with van der Waals surface area (Å²) in [5.74, 6) is 0.236. The average molecular weight is 353 g/mol. The molecule has 1 saturated heterocycles. The number of ketones is 1. The third-order valence-corrected chi connectivity index (χ3v) is 4.76. The van der Waals surface area contributed by atoms with Crippen LogP contribution in [0.3, 0.4) is 0 Å². The molecule has 26 heavy (non-hydrogen) atoms. The number of rotatable bonds is 4. The van der Waals surface area contributed by atoms with Crippen LogP contribution >= 0.6 is 0 Å². The topological polar surface area (TPSA) is 49.6 Å². The second-order valence-electron chi connectivity index (χ2n) is 6.56. The van der Waals surface area contributed by atoms with Crippen molar-refractivity contribution in [2.45, 2.75) is 13.5 Å². The van der Waals surface area contributed by atoms with Gasteiger partial charge in [0.2, 0.25) is 5.89 Å². The molecule has 2 heterocycles. The van der Waals surface area contributed by atoms with Gasteiger partial charge in [-0.3, -0.25) is 9.69 Å². The Morgan fingerprint density at radius 1 is 1.15 bits per heavy atom. The minimum Gasteiger partial charge on any atom is -0.439 e. The Morgan fingerprint density at radius 3 is 2.62 bits per heavy atom. The Morgan fingerprint density at radius 2 is 1.92 bits per heavy atom. The fourth-order valence-corrected chi connectivity index (χ4v) is 3.31. The Balaban J connectivity index is 1.40. The molecule has 0 saturated carbocycles. The molecule has 1 aliphatic rings. The summed E-state index contributed by atoms with van der Waals surface area (Å²) in [7, 11) is 0. The summed E-state index contributed by atoms with van der Waals surface area (Å²) in [6.07, 6.45) is 0. The van der Waals surface area contributed by atoms with Gasteiger partial charge in [0.25, 0.3) is 0 Å². The van der Waals surface area contributed by atoms with Crippen LogP contribution < -0.4 is 4.90 Å². The van der Waals surface area contributed by atoms with Crippen LogP contribution in [-0.4, -0.2) is 41.8 Å². The first-order valence-electron chi connectivity index (χ1n) is 8.72. The molecule has 5 nitrogen and oxygen atoms in total. The van der Waals surface area contributed by atoms with E-state index in [-0.39, 0.29) is 11.6 Å². The van der Waals surface area contributed by atoms with Gasteiger partial charge in [-0.05, 0) is 37.3 Å². The van der Waals surface area contributed by atoms with Gasteiger partial charge in [0.05, 0.1) is 12.2 Å². The number of anilines is 1. The number of nitrogens with zero attached hydrogens (tertiary/aromatic N) is 3. The van der Waals surface area contributed by atoms with Crippen molar-refractivity contribution in [3.63, 3.8) is 0 Å². The van der Waals surface area contributed by atoms with Gasteiger partial charge in [-0.1, -0.05) is 12.1 Å². The number of hydrogen-bond acceptors (Lipinski definition) is 5. The van der Waals surface area contributed by atoms with Crippen molar-refractivity contribution in [1.82, 2.24) is 9.88 Å². The lowest BCUT2D eigenvalue weighted by Crippen LogP contribution is -2.46. The number of hydrogen-bond donors (Lipinski definition) is 0. The molecular weight excluding hydrogens is 333 g/mol. The summed E-state index contributed by atoms with van der Waals surface area (Å²) < 4.78 is 20.1. The second kappa shape index (κ2) is 6.88. The van der Waals surface area contributed by atoms with Gasteiger partial charge >= 0.3 is 0 Å². The van der Waals surface area contributed by atoms with Crippen LogP contribution in [0.5, 0.6) is 0 Å². The Bertz CT molecular complexity index is 912. The molecule has 3 aromatic rings. The molecule has 0 radical (unpaired) electrons. The van der Waals surface area contributed by atoms with Gasteiger partial charge in [0, 0.05) is 31.7 Å². The molecule has 0 spiro atoms. The number of aromatic nitrogens is 1. The largest absolute Gasteiger partial charge is 0.439 e. The number of carbonyl (C=O) groups is 1. The second-order valence-corrected chi connectivity index (χ2v) is 6.56. The molecule has 6 heteroatoms. The van der Waals surface area contributed by atoms with Crippen LogP contribution in [0, 0.1) is 5.82 Å². The van der Waals surface area contributed by atoms with E-state index in [2.05, 4.69) is 9.88 Å². The molecule has 0 aliphatic carbocycles. The Kier molecular flexibility index (Phi) is 4.42. The molecule has 134 valence electrons. The van der Waals surface area contributed by atoms with Crippen LogP contribution in [0.2, 0.25) is 0 Å². The SMILES string of the molecule is CC(=O)c1ccc(N2CCN(Cc3nc4ccccc4o3)CC2)c(F)c1. The lowest BCUT2D eigenvalue weighted by Gasteiger charge is -2.35. The molecule has 0 unspecified atom stereocenters. The van der Waals surface area contributed by atoms with Gasteiger partial charge in [-0.2, -0.15) is 0 Å². The van der Waals surface area contributed by atoms with Crippen LogP contribution in [-0.2, 0) is 6.54 Å². The van der Waals surface area contributed by atoms with Gasteiger partial charge in [-0.15, -0.1) is 0 Å². The quantitative estimate of drug-likeness (QED) is 0.672. The standard InChI is InChI=1S/C20H20FN3O2/c1-14(25)15-6-7-18(16(21)12-15)24-10-8-23(9-11-24)13-20-22-17-4-2-3-5-19(17)26-20/h2-7,12H,8-11,13H2,1H3. The average Bonchev–Trinajstić information content (AvgIpc) is 3.04. The summed E-state index contributed by atoms with van der Waals surface area (Å²) in [5, 5.41) is 0. The maximum Gasteiger partial charge on any atom is 0.209 e. The Hall–Kier alpha value is -2.73. The first-order valence-corrected chi connectivity index (χ1v) is 8.72. The molecule has 1 fully saturated rings. The zero-order chi connectivity index (χ0) is 18.1. The molecule has 1 aliphatic heterocycles. The highest BCUT2D eigenvalue weighted by molar-refractivity contribution is 5.94. The van der Waals surface area contributed by atoms with Crippen LogP contribution in [0.25, 0.3) is 11.1 Å². The minimum atomic E-state index is -0.342. The van der Waals surface area contributed by atoms with E-state index in [1.807, 2.05) is 29.2 Å². The van der Waals surface area contributed by atoms with Gasteiger partial charge in [0.1, 0.15) is 11.3 Å². The molecule has 0 amide bonds. The number of halogens is 1. The van der Waals surface area contributed by atoms with Crippen molar-refractivity contribution in [1.29, 1.82) is 0 Å². The van der Waals surface area contributed by atoms with Crippen molar-refractivity contribution in [3.8, 4) is 0 Å². The molecular formula is C20H20FN3O2. The van der Waals surface area contributed by atoms with E-state index in [1.54, 1.807) is 12.1 Å². The van der Waals surface area contributed by atoms with E-state index < -0.39 is 0 Å². The van der Waals surface area contributed by atoms with Crippen molar-refractivity contribution >= 4 is 22.6 Å². The maximum absolute atomic E-state index is 14.3. The predicted octanol–water partition coefficient (Wildman–Crippen LogP) is 3.49. The fourth-order valence-electron chi connectivity index (χ4n) is 3.31. The smallest absolute Gasteiger partial charge is 0.209 e. The van der Waals surface area contributed by atoms with Crippen molar-refractivity contribution in [2.24, 2.45) is 0 Å². The highest BCUT2D eigenvalue weighted by Gasteiger charge is 2.21. The molecule has 2 aromatic carbocycles. The fraction of sp³-hybridized carbons (Fsp3) is 0.300. The Labute approximate surface area is 151 Å². The van der Waals surface area contributed by atoms with E-state index in [0.29, 0.717) is 23.7 Å². The minimum absolute atomic E-state index is 0.126. The number of Topliss-reactive ketones (excluding diaryl/α,β-unsaturated/α-hetero) is 1. The maximum atomic E-state index is 14.3. The third kappa shape index (κ3) is 3.32. The van der Waals surface area contributed by atoms with Crippen molar-refractivity contribution in [3.05, 3.63) is 59.7 Å². The first-order chi connectivity index (χ1) is 12.6. The van der Waals surface area contributed by atoms with E-state index in [1.165, 1.54) is 13.0 Å². The van der Waals surface area contributed by atoms with Gasteiger partial charge in [-0.25, -0.2) is 9.37 Å². The van der Waals surface area contributed by atoms with E-state index >= 15 is 0 Å². The molecule has 1 aromatic heterocycles.